The number of anilines is 2. The topological polar surface area (TPSA) is 110 Å². The summed E-state index contributed by atoms with van der Waals surface area (Å²) in [6.45, 7) is 3.98. The lowest BCUT2D eigenvalue weighted by molar-refractivity contribution is -0.161. The fourth-order valence-corrected chi connectivity index (χ4v) is 5.01. The van der Waals surface area contributed by atoms with Gasteiger partial charge >= 0.3 is 6.03 Å². The van der Waals surface area contributed by atoms with Gasteiger partial charge in [-0.05, 0) is 30.2 Å². The van der Waals surface area contributed by atoms with Crippen LogP contribution in [0.4, 0.5) is 16.2 Å². The Kier molecular flexibility index (Phi) is 4.75. The highest BCUT2D eigenvalue weighted by atomic mass is 16.2. The zero-order chi connectivity index (χ0) is 22.7. The molecule has 1 N–H and O–H groups in total. The predicted molar refractivity (Wildman–Crippen MR) is 111 cm³/mol. The highest BCUT2D eigenvalue weighted by Gasteiger charge is 2.64. The van der Waals surface area contributed by atoms with Gasteiger partial charge in [-0.3, -0.25) is 29.0 Å². The summed E-state index contributed by atoms with van der Waals surface area (Å²) < 4.78 is 0. The van der Waals surface area contributed by atoms with Gasteiger partial charge in [0.25, 0.3) is 0 Å². The first-order valence-corrected chi connectivity index (χ1v) is 10.1. The SMILES string of the molecule is CC(=O)Nc1ccc2c(c1)CC1(C(=O)N(C)C(=O)N(C)C1=O)C1CN(C(C)=O)CCN21. The Labute approximate surface area is 179 Å². The number of carbonyl (C=O) groups is 5. The third kappa shape index (κ3) is 2.96. The fourth-order valence-electron chi connectivity index (χ4n) is 5.01. The molecule has 3 aliphatic rings. The van der Waals surface area contributed by atoms with Gasteiger partial charge in [0.2, 0.25) is 23.6 Å². The first-order chi connectivity index (χ1) is 14.6. The van der Waals surface area contributed by atoms with Crippen molar-refractivity contribution in [2.75, 3.05) is 43.9 Å². The summed E-state index contributed by atoms with van der Waals surface area (Å²) in [5.74, 6) is -1.50. The Balaban J connectivity index is 1.88. The zero-order valence-corrected chi connectivity index (χ0v) is 18.0. The van der Waals surface area contributed by atoms with Gasteiger partial charge < -0.3 is 15.1 Å². The smallest absolute Gasteiger partial charge is 0.332 e. The van der Waals surface area contributed by atoms with Crippen molar-refractivity contribution in [3.05, 3.63) is 23.8 Å². The molecule has 0 radical (unpaired) electrons. The van der Waals surface area contributed by atoms with Gasteiger partial charge in [-0.25, -0.2) is 4.79 Å². The van der Waals surface area contributed by atoms with Crippen LogP contribution in [0.2, 0.25) is 0 Å². The number of carbonyl (C=O) groups excluding carboxylic acids is 5. The van der Waals surface area contributed by atoms with Crippen LogP contribution < -0.4 is 10.2 Å². The average Bonchev–Trinajstić information content (AvgIpc) is 2.73. The number of hydrogen-bond donors (Lipinski definition) is 1. The number of nitrogens with one attached hydrogen (secondary N) is 1. The number of fused-ring (bicyclic) bond motifs is 4. The van der Waals surface area contributed by atoms with E-state index in [1.165, 1.54) is 27.9 Å². The van der Waals surface area contributed by atoms with Gasteiger partial charge in [-0.1, -0.05) is 0 Å². The number of barbiturate groups is 1. The van der Waals surface area contributed by atoms with Crippen LogP contribution in [0, 0.1) is 5.41 Å². The van der Waals surface area contributed by atoms with E-state index in [1.54, 1.807) is 17.0 Å². The lowest BCUT2D eigenvalue weighted by atomic mass is 9.67. The molecule has 10 nitrogen and oxygen atoms in total. The molecule has 0 aromatic heterocycles. The third-order valence-corrected chi connectivity index (χ3v) is 6.52. The molecular weight excluding hydrogens is 402 g/mol. The number of piperazine rings is 1. The van der Waals surface area contributed by atoms with Crippen LogP contribution in [-0.2, 0) is 25.6 Å². The number of urea groups is 1. The number of rotatable bonds is 1. The molecule has 1 aromatic rings. The van der Waals surface area contributed by atoms with Crippen LogP contribution in [-0.4, -0.2) is 84.1 Å². The number of amides is 6. The molecule has 6 amide bonds. The minimum Gasteiger partial charge on any atom is -0.363 e. The summed E-state index contributed by atoms with van der Waals surface area (Å²) in [7, 11) is 2.74. The molecule has 0 bridgehead atoms. The Bertz CT molecular complexity index is 997. The van der Waals surface area contributed by atoms with E-state index in [-0.39, 0.29) is 24.8 Å². The van der Waals surface area contributed by atoms with E-state index in [2.05, 4.69) is 5.32 Å². The molecule has 1 aromatic carbocycles. The Morgan fingerprint density at radius 2 is 1.68 bits per heavy atom. The van der Waals surface area contributed by atoms with Crippen LogP contribution in [0.25, 0.3) is 0 Å². The van der Waals surface area contributed by atoms with Crippen molar-refractivity contribution >= 4 is 41.0 Å². The first-order valence-electron chi connectivity index (χ1n) is 10.1. The molecule has 1 unspecified atom stereocenters. The summed E-state index contributed by atoms with van der Waals surface area (Å²) in [5.41, 5.74) is 0.607. The lowest BCUT2D eigenvalue weighted by Crippen LogP contribution is -2.74. The van der Waals surface area contributed by atoms with Gasteiger partial charge in [-0.2, -0.15) is 0 Å². The van der Waals surface area contributed by atoms with Gasteiger partial charge in [0.05, 0.1) is 6.04 Å². The number of nitrogens with zero attached hydrogens (tertiary/aromatic N) is 4. The van der Waals surface area contributed by atoms with Crippen LogP contribution >= 0.6 is 0 Å². The Morgan fingerprint density at radius 1 is 1.03 bits per heavy atom. The van der Waals surface area contributed by atoms with E-state index in [0.29, 0.717) is 18.8 Å². The predicted octanol–water partition coefficient (Wildman–Crippen LogP) is 0.275. The second kappa shape index (κ2) is 7.07. The highest BCUT2D eigenvalue weighted by molar-refractivity contribution is 6.20. The standard InChI is InChI=1S/C21H25N5O5/c1-12(27)22-15-5-6-16-14(9-15)10-21(17-11-25(13(2)28)7-8-26(16)17)18(29)23(3)20(31)24(4)19(21)30/h5-6,9,17H,7-8,10-11H2,1-4H3,(H,22,27). The minimum absolute atomic E-state index is 0.0717. The second-order valence-corrected chi connectivity index (χ2v) is 8.36. The van der Waals surface area contributed by atoms with Crippen molar-refractivity contribution in [2.24, 2.45) is 5.41 Å². The molecule has 1 atom stereocenters. The summed E-state index contributed by atoms with van der Waals surface area (Å²) in [4.78, 5) is 68.7. The first kappa shape index (κ1) is 20.8. The molecule has 2 fully saturated rings. The van der Waals surface area contributed by atoms with Crippen LogP contribution in [0.3, 0.4) is 0 Å². The largest absolute Gasteiger partial charge is 0.363 e. The van der Waals surface area contributed by atoms with Crippen molar-refractivity contribution in [1.82, 2.24) is 14.7 Å². The van der Waals surface area contributed by atoms with Gasteiger partial charge in [0.1, 0.15) is 0 Å². The van der Waals surface area contributed by atoms with E-state index >= 15 is 0 Å². The normalized spacial score (nSPS) is 22.5. The van der Waals surface area contributed by atoms with Crippen LogP contribution in [0.5, 0.6) is 0 Å². The zero-order valence-electron chi connectivity index (χ0n) is 18.0. The monoisotopic (exact) mass is 427 g/mol. The maximum atomic E-state index is 13.5. The molecule has 31 heavy (non-hydrogen) atoms. The summed E-state index contributed by atoms with van der Waals surface area (Å²) >= 11 is 0. The average molecular weight is 427 g/mol. The van der Waals surface area contributed by atoms with Crippen LogP contribution in [0.15, 0.2) is 18.2 Å². The molecule has 0 aliphatic carbocycles. The summed E-state index contributed by atoms with van der Waals surface area (Å²) in [6.07, 6.45) is 0.0717. The Hall–Kier alpha value is -3.43. The summed E-state index contributed by atoms with van der Waals surface area (Å²) in [5, 5.41) is 2.73. The van der Waals surface area contributed by atoms with Crippen molar-refractivity contribution in [2.45, 2.75) is 26.3 Å². The molecule has 4 rings (SSSR count). The van der Waals surface area contributed by atoms with Crippen LogP contribution in [0.1, 0.15) is 19.4 Å². The van der Waals surface area contributed by atoms with E-state index in [0.717, 1.165) is 21.1 Å². The van der Waals surface area contributed by atoms with E-state index < -0.39 is 29.3 Å². The van der Waals surface area contributed by atoms with Gasteiger partial charge in [0, 0.05) is 59.0 Å². The van der Waals surface area contributed by atoms with E-state index in [4.69, 9.17) is 0 Å². The number of imide groups is 2. The molecular formula is C21H25N5O5. The van der Waals surface area contributed by atoms with Crippen molar-refractivity contribution in [3.63, 3.8) is 0 Å². The highest BCUT2D eigenvalue weighted by Crippen LogP contribution is 2.47. The maximum absolute atomic E-state index is 13.5. The molecule has 2 saturated heterocycles. The Morgan fingerprint density at radius 3 is 2.26 bits per heavy atom. The van der Waals surface area contributed by atoms with Crippen molar-refractivity contribution in [3.8, 4) is 0 Å². The van der Waals surface area contributed by atoms with Crippen molar-refractivity contribution < 1.29 is 24.0 Å². The van der Waals surface area contributed by atoms with Crippen molar-refractivity contribution in [1.29, 1.82) is 0 Å². The molecule has 1 spiro atoms. The quantitative estimate of drug-likeness (QED) is 0.645. The molecule has 0 saturated carbocycles. The van der Waals surface area contributed by atoms with Gasteiger partial charge in [0.15, 0.2) is 5.41 Å². The third-order valence-electron chi connectivity index (χ3n) is 6.52. The number of hydrogen-bond acceptors (Lipinski definition) is 6. The second-order valence-electron chi connectivity index (χ2n) is 8.36. The van der Waals surface area contributed by atoms with Gasteiger partial charge in [-0.15, -0.1) is 0 Å². The minimum atomic E-state index is -1.55. The molecule has 10 heteroatoms. The summed E-state index contributed by atoms with van der Waals surface area (Å²) in [6, 6.07) is 4.12. The van der Waals surface area contributed by atoms with E-state index in [9.17, 15) is 24.0 Å². The maximum Gasteiger partial charge on any atom is 0.332 e. The van der Waals surface area contributed by atoms with E-state index in [1.807, 2.05) is 11.0 Å². The lowest BCUT2D eigenvalue weighted by Gasteiger charge is -2.56. The molecule has 164 valence electrons. The number of benzene rings is 1. The molecule has 3 aliphatic heterocycles. The molecule has 3 heterocycles. The fraction of sp³-hybridized carbons (Fsp3) is 0.476.